The summed E-state index contributed by atoms with van der Waals surface area (Å²) < 4.78 is 7.22. The zero-order chi connectivity index (χ0) is 16.4. The van der Waals surface area contributed by atoms with Gasteiger partial charge in [-0.15, -0.1) is 0 Å². The molecule has 0 spiro atoms. The van der Waals surface area contributed by atoms with Crippen LogP contribution >= 0.6 is 0 Å². The number of nitrogens with zero attached hydrogens (tertiary/aromatic N) is 2. The van der Waals surface area contributed by atoms with Gasteiger partial charge in [0.25, 0.3) is 5.91 Å². The molecular formula is C17H23N3O3. The fourth-order valence-corrected chi connectivity index (χ4v) is 3.36. The second-order valence-electron chi connectivity index (χ2n) is 5.97. The van der Waals surface area contributed by atoms with Crippen LogP contribution in [0.4, 0.5) is 0 Å². The number of amides is 1. The predicted molar refractivity (Wildman–Crippen MR) is 88.5 cm³/mol. The average Bonchev–Trinajstić information content (AvgIpc) is 2.90. The van der Waals surface area contributed by atoms with E-state index in [1.54, 1.807) is 6.92 Å². The van der Waals surface area contributed by atoms with E-state index in [-0.39, 0.29) is 17.6 Å². The van der Waals surface area contributed by atoms with Gasteiger partial charge in [-0.3, -0.25) is 9.36 Å². The lowest BCUT2D eigenvalue weighted by molar-refractivity contribution is -0.143. The number of carbonyl (C=O) groups excluding carboxylic acids is 1. The molecule has 1 aliphatic rings. The number of nitrogens with one attached hydrogen (secondary N) is 1. The topological polar surface area (TPSA) is 67.3 Å². The first-order chi connectivity index (χ1) is 11.1. The summed E-state index contributed by atoms with van der Waals surface area (Å²) in [5.74, 6) is 0.0385. The van der Waals surface area contributed by atoms with Crippen LogP contribution in [0.25, 0.3) is 11.0 Å². The first kappa shape index (κ1) is 15.8. The molecule has 2 heterocycles. The zero-order valence-corrected chi connectivity index (χ0v) is 13.6. The normalized spacial score (nSPS) is 17.6. The van der Waals surface area contributed by atoms with E-state index in [4.69, 9.17) is 4.74 Å². The Morgan fingerprint density at radius 1 is 1.35 bits per heavy atom. The molecule has 3 rings (SSSR count). The van der Waals surface area contributed by atoms with Crippen molar-refractivity contribution in [2.24, 2.45) is 0 Å². The van der Waals surface area contributed by atoms with Gasteiger partial charge in [0.05, 0.1) is 11.0 Å². The van der Waals surface area contributed by atoms with Crippen LogP contribution in [0.2, 0.25) is 0 Å². The minimum absolute atomic E-state index is 0.0385. The van der Waals surface area contributed by atoms with Crippen LogP contribution < -0.4 is 5.69 Å². The Bertz CT molecular complexity index is 741. The van der Waals surface area contributed by atoms with Gasteiger partial charge in [-0.1, -0.05) is 12.1 Å². The quantitative estimate of drug-likeness (QED) is 0.937. The van der Waals surface area contributed by atoms with Crippen molar-refractivity contribution in [3.05, 3.63) is 34.7 Å². The van der Waals surface area contributed by atoms with Crippen LogP contribution in [0.5, 0.6) is 0 Å². The molecule has 1 N–H and O–H groups in total. The lowest BCUT2D eigenvalue weighted by Crippen LogP contribution is -2.44. The minimum atomic E-state index is -0.396. The number of para-hydroxylation sites is 2. The van der Waals surface area contributed by atoms with E-state index in [1.165, 1.54) is 0 Å². The highest BCUT2D eigenvalue weighted by Crippen LogP contribution is 2.25. The van der Waals surface area contributed by atoms with Crippen molar-refractivity contribution in [3.63, 3.8) is 0 Å². The Hall–Kier alpha value is -2.08. The number of imidazole rings is 1. The predicted octanol–water partition coefficient (Wildman–Crippen LogP) is 1.92. The smallest absolute Gasteiger partial charge is 0.326 e. The summed E-state index contributed by atoms with van der Waals surface area (Å²) >= 11 is 0. The molecule has 0 bridgehead atoms. The van der Waals surface area contributed by atoms with Crippen molar-refractivity contribution in [2.75, 3.05) is 19.7 Å². The molecule has 0 saturated carbocycles. The Labute approximate surface area is 135 Å². The van der Waals surface area contributed by atoms with E-state index in [2.05, 4.69) is 4.98 Å². The third kappa shape index (κ3) is 3.03. The molecule has 23 heavy (non-hydrogen) atoms. The van der Waals surface area contributed by atoms with Gasteiger partial charge in [0.2, 0.25) is 0 Å². The van der Waals surface area contributed by atoms with E-state index in [9.17, 15) is 9.59 Å². The maximum absolute atomic E-state index is 12.3. The summed E-state index contributed by atoms with van der Waals surface area (Å²) in [6, 6.07) is 7.86. The molecule has 1 atom stereocenters. The van der Waals surface area contributed by atoms with Crippen LogP contribution in [-0.2, 0) is 9.53 Å². The average molecular weight is 317 g/mol. The Balaban J connectivity index is 1.72. The van der Waals surface area contributed by atoms with E-state index in [0.717, 1.165) is 23.9 Å². The summed E-state index contributed by atoms with van der Waals surface area (Å²) in [6.07, 6.45) is 1.17. The first-order valence-corrected chi connectivity index (χ1v) is 8.21. The van der Waals surface area contributed by atoms with E-state index in [1.807, 2.05) is 40.7 Å². The van der Waals surface area contributed by atoms with E-state index < -0.39 is 6.10 Å². The molecule has 1 fully saturated rings. The number of H-pyrrole nitrogens is 1. The van der Waals surface area contributed by atoms with Crippen LogP contribution in [0.1, 0.15) is 32.7 Å². The van der Waals surface area contributed by atoms with Gasteiger partial charge in [-0.05, 0) is 38.8 Å². The van der Waals surface area contributed by atoms with Gasteiger partial charge >= 0.3 is 5.69 Å². The lowest BCUT2D eigenvalue weighted by Gasteiger charge is -2.33. The third-order valence-electron chi connectivity index (χ3n) is 4.53. The Morgan fingerprint density at radius 2 is 2.04 bits per heavy atom. The maximum Gasteiger partial charge on any atom is 0.326 e. The fourth-order valence-electron chi connectivity index (χ4n) is 3.36. The van der Waals surface area contributed by atoms with Crippen molar-refractivity contribution in [2.45, 2.75) is 38.8 Å². The summed E-state index contributed by atoms with van der Waals surface area (Å²) in [5, 5.41) is 0. The monoisotopic (exact) mass is 317 g/mol. The maximum atomic E-state index is 12.3. The molecule has 2 aromatic rings. The highest BCUT2D eigenvalue weighted by Gasteiger charge is 2.28. The van der Waals surface area contributed by atoms with Crippen molar-refractivity contribution >= 4 is 16.9 Å². The van der Waals surface area contributed by atoms with Gasteiger partial charge in [0.1, 0.15) is 6.10 Å². The zero-order valence-electron chi connectivity index (χ0n) is 13.6. The number of hydrogen-bond donors (Lipinski definition) is 1. The molecule has 1 saturated heterocycles. The van der Waals surface area contributed by atoms with Gasteiger partial charge in [0.15, 0.2) is 0 Å². The van der Waals surface area contributed by atoms with Crippen molar-refractivity contribution in [1.82, 2.24) is 14.5 Å². The number of hydrogen-bond acceptors (Lipinski definition) is 3. The van der Waals surface area contributed by atoms with Crippen LogP contribution in [0, 0.1) is 0 Å². The minimum Gasteiger partial charge on any atom is -0.369 e. The molecular weight excluding hydrogens is 294 g/mol. The Kier molecular flexibility index (Phi) is 4.52. The SMILES string of the molecule is CCO[C@H](C)C(=O)N1CCC(n2c(=O)[nH]c3ccccc32)CC1. The standard InChI is InChI=1S/C17H23N3O3/c1-3-23-12(2)16(21)19-10-8-13(9-11-19)20-15-7-5-4-6-14(15)18-17(20)22/h4-7,12-13H,3,8-11H2,1-2H3,(H,18,22)/t12-/m1/s1. The number of carbonyl (C=O) groups is 1. The largest absolute Gasteiger partial charge is 0.369 e. The second kappa shape index (κ2) is 6.58. The number of piperidine rings is 1. The third-order valence-corrected chi connectivity index (χ3v) is 4.53. The molecule has 1 amide bonds. The van der Waals surface area contributed by atoms with Crippen LogP contribution in [0.3, 0.4) is 0 Å². The summed E-state index contributed by atoms with van der Waals surface area (Å²) in [5.41, 5.74) is 1.73. The number of fused-ring (bicyclic) bond motifs is 1. The van der Waals surface area contributed by atoms with E-state index >= 15 is 0 Å². The molecule has 0 radical (unpaired) electrons. The summed E-state index contributed by atoms with van der Waals surface area (Å²) in [7, 11) is 0. The van der Waals surface area contributed by atoms with Crippen LogP contribution in [0.15, 0.2) is 29.1 Å². The number of ether oxygens (including phenoxy) is 1. The number of rotatable bonds is 4. The number of benzene rings is 1. The van der Waals surface area contributed by atoms with Crippen LogP contribution in [-0.4, -0.2) is 46.2 Å². The number of aromatic nitrogens is 2. The van der Waals surface area contributed by atoms with Gasteiger partial charge in [-0.2, -0.15) is 0 Å². The number of likely N-dealkylation sites (tertiary alicyclic amines) is 1. The highest BCUT2D eigenvalue weighted by molar-refractivity contribution is 5.80. The first-order valence-electron chi connectivity index (χ1n) is 8.21. The van der Waals surface area contributed by atoms with Gasteiger partial charge in [-0.25, -0.2) is 4.79 Å². The van der Waals surface area contributed by atoms with Crippen molar-refractivity contribution in [1.29, 1.82) is 0 Å². The highest BCUT2D eigenvalue weighted by atomic mass is 16.5. The fraction of sp³-hybridized carbons (Fsp3) is 0.529. The molecule has 6 heteroatoms. The molecule has 0 aliphatic carbocycles. The number of aromatic amines is 1. The summed E-state index contributed by atoms with van der Waals surface area (Å²) in [4.78, 5) is 29.3. The summed E-state index contributed by atoms with van der Waals surface area (Å²) in [6.45, 7) is 5.54. The van der Waals surface area contributed by atoms with Gasteiger partial charge < -0.3 is 14.6 Å². The van der Waals surface area contributed by atoms with Crippen molar-refractivity contribution in [3.8, 4) is 0 Å². The van der Waals surface area contributed by atoms with Crippen molar-refractivity contribution < 1.29 is 9.53 Å². The Morgan fingerprint density at radius 3 is 2.74 bits per heavy atom. The molecule has 1 aliphatic heterocycles. The lowest BCUT2D eigenvalue weighted by atomic mass is 10.0. The molecule has 1 aromatic carbocycles. The molecule has 0 unspecified atom stereocenters. The molecule has 6 nitrogen and oxygen atoms in total. The molecule has 124 valence electrons. The second-order valence-corrected chi connectivity index (χ2v) is 5.97. The molecule has 1 aromatic heterocycles. The van der Waals surface area contributed by atoms with Gasteiger partial charge in [0, 0.05) is 25.7 Å². The van der Waals surface area contributed by atoms with E-state index in [0.29, 0.717) is 19.7 Å².